The molecule has 0 amide bonds. The highest BCUT2D eigenvalue weighted by atomic mass is 32.2. The minimum atomic E-state index is -1.23. The lowest BCUT2D eigenvalue weighted by Crippen LogP contribution is -2.35. The highest BCUT2D eigenvalue weighted by Crippen LogP contribution is 2.37. The first-order chi connectivity index (χ1) is 20.7. The third-order valence-corrected chi connectivity index (χ3v) is 9.11. The molecule has 4 aliphatic rings. The molecule has 4 aliphatic heterocycles. The van der Waals surface area contributed by atoms with Gasteiger partial charge in [-0.1, -0.05) is 66.9 Å². The SMILES string of the molecule is [3H][B]SO[C@H]1CC(=O)O[C@H]([C@@H](/C=C/[C@@H]2CC(C)=CCO2)OP([B])C)C[C@@H]2O[C@H]2CCC(=C)C[C@H](C)C[C@@H]2CC=C[C@@H](C1)O2. The Morgan fingerprint density at radius 3 is 2.90 bits per heavy atom. The van der Waals surface area contributed by atoms with Gasteiger partial charge in [0.05, 0.1) is 49.7 Å². The average Bonchev–Trinajstić information content (AvgIpc) is 3.69. The number of cyclic esters (lactones) is 1. The fourth-order valence-corrected chi connectivity index (χ4v) is 6.95. The van der Waals surface area contributed by atoms with E-state index in [4.69, 9.17) is 36.6 Å². The highest BCUT2D eigenvalue weighted by molar-refractivity contribution is 8.15. The van der Waals surface area contributed by atoms with Crippen LogP contribution in [0.5, 0.6) is 0 Å². The molecule has 1 unspecified atom stereocenters. The zero-order valence-corrected chi connectivity index (χ0v) is 26.9. The van der Waals surface area contributed by atoms with Crippen LogP contribution in [0.1, 0.15) is 71.6 Å². The molecule has 11 heteroatoms. The van der Waals surface area contributed by atoms with Crippen molar-refractivity contribution in [2.24, 2.45) is 5.92 Å². The molecule has 42 heavy (non-hydrogen) atoms. The maximum absolute atomic E-state index is 13.5. The number of hydrogen-bond acceptors (Lipinski definition) is 8. The van der Waals surface area contributed by atoms with Gasteiger partial charge in [0.15, 0.2) is 0 Å². The van der Waals surface area contributed by atoms with Gasteiger partial charge in [0, 0.05) is 12.8 Å². The fraction of sp³-hybridized carbons (Fsp3) is 0.710. The number of ether oxygens (including phenoxy) is 4. The van der Waals surface area contributed by atoms with E-state index in [-0.39, 0.29) is 36.9 Å². The van der Waals surface area contributed by atoms with E-state index in [0.29, 0.717) is 25.4 Å². The summed E-state index contributed by atoms with van der Waals surface area (Å²) in [6, 6.07) is 0. The average molecular weight is 617 g/mol. The van der Waals surface area contributed by atoms with Gasteiger partial charge in [-0.25, -0.2) is 0 Å². The Morgan fingerprint density at radius 1 is 1.26 bits per heavy atom. The largest absolute Gasteiger partial charge is 0.459 e. The topological polar surface area (TPSA) is 75.8 Å². The van der Waals surface area contributed by atoms with Crippen molar-refractivity contribution in [2.45, 2.75) is 120 Å². The van der Waals surface area contributed by atoms with Gasteiger partial charge in [-0.15, -0.1) is 0 Å². The van der Waals surface area contributed by atoms with Crippen molar-refractivity contribution >= 4 is 40.5 Å². The Balaban J connectivity index is 1.53. The molecule has 0 aromatic heterocycles. The van der Waals surface area contributed by atoms with Crippen LogP contribution in [0.25, 0.3) is 0 Å². The van der Waals surface area contributed by atoms with E-state index in [1.165, 1.54) is 11.1 Å². The van der Waals surface area contributed by atoms with Gasteiger partial charge in [0.25, 0.3) is 0 Å². The van der Waals surface area contributed by atoms with E-state index in [2.05, 4.69) is 32.6 Å². The number of esters is 1. The molecule has 4 heterocycles. The number of carbonyl (C=O) groups excluding carboxylic acids is 1. The van der Waals surface area contributed by atoms with Crippen LogP contribution in [0, 0.1) is 5.92 Å². The smallest absolute Gasteiger partial charge is 0.308 e. The standard InChI is InChI=1S/C31H46B2O7PS/c1-20-8-10-27-29(37-27)19-30(28(39-41(4)32)11-9-23-15-21(2)12-13-35-23)38-31(34)18-26(40-42-33)17-25-7-5-6-24(36-25)16-22(3)14-20/h5,7,9,11-12,22-30,33H,1,6,8,10,13-19H2,2-4H3/b11-9+/t22-,23+,24-,25-,26+,27-,28+,29-,30-,41?/m0/s1/i33T. The van der Waals surface area contributed by atoms with Crippen molar-refractivity contribution in [3.8, 4) is 0 Å². The Bertz CT molecular complexity index is 1010. The maximum atomic E-state index is 13.5. The third-order valence-electron chi connectivity index (χ3n) is 8.15. The van der Waals surface area contributed by atoms with Crippen molar-refractivity contribution in [3.63, 3.8) is 0 Å². The fourth-order valence-electron chi connectivity index (χ4n) is 6.05. The summed E-state index contributed by atoms with van der Waals surface area (Å²) in [4.78, 5) is 13.5. The first-order valence-corrected chi connectivity index (χ1v) is 17.7. The van der Waals surface area contributed by atoms with Crippen LogP contribution in [-0.4, -0.2) is 84.1 Å². The summed E-state index contributed by atoms with van der Waals surface area (Å²) in [5.74, 6) is 0.0565. The molecule has 7 nitrogen and oxygen atoms in total. The molecule has 2 bridgehead atoms. The van der Waals surface area contributed by atoms with Crippen LogP contribution in [0.3, 0.4) is 0 Å². The van der Waals surface area contributed by atoms with Crippen LogP contribution in [0.2, 0.25) is 0 Å². The zero-order chi connectivity index (χ0) is 30.8. The predicted octanol–water partition coefficient (Wildman–Crippen LogP) is 5.95. The van der Waals surface area contributed by atoms with Gasteiger partial charge in [-0.05, 0) is 67.4 Å². The number of rotatable bonds is 8. The second-order valence-electron chi connectivity index (χ2n) is 12.2. The summed E-state index contributed by atoms with van der Waals surface area (Å²) < 4.78 is 44.0. The lowest BCUT2D eigenvalue weighted by Gasteiger charge is -2.31. The Labute approximate surface area is 261 Å². The Morgan fingerprint density at radius 2 is 2.12 bits per heavy atom. The second kappa shape index (κ2) is 17.0. The molecule has 2 fully saturated rings. The van der Waals surface area contributed by atoms with E-state index in [9.17, 15) is 4.79 Å². The number of hydrogen-bond donors (Lipinski definition) is 0. The third kappa shape index (κ3) is 11.6. The van der Waals surface area contributed by atoms with Crippen molar-refractivity contribution < 1.29 is 32.4 Å². The lowest BCUT2D eigenvalue weighted by atomic mass is 9.91. The summed E-state index contributed by atoms with van der Waals surface area (Å²) in [6.07, 6.45) is 14.9. The van der Waals surface area contributed by atoms with Gasteiger partial charge in [-0.3, -0.25) is 4.79 Å². The molecule has 0 aliphatic carbocycles. The second-order valence-corrected chi connectivity index (χ2v) is 13.8. The summed E-state index contributed by atoms with van der Waals surface area (Å²) in [6.45, 7) is 11.1. The molecule has 0 saturated carbocycles. The van der Waals surface area contributed by atoms with Gasteiger partial charge in [0.2, 0.25) is 7.09 Å². The first-order valence-electron chi connectivity index (χ1n) is 15.7. The molecule has 0 N–H and O–H groups in total. The molecular weight excluding hydrogens is 569 g/mol. The lowest BCUT2D eigenvalue weighted by molar-refractivity contribution is -0.155. The highest BCUT2D eigenvalue weighted by Gasteiger charge is 2.43. The van der Waals surface area contributed by atoms with E-state index < -0.39 is 32.3 Å². The minimum Gasteiger partial charge on any atom is -0.459 e. The van der Waals surface area contributed by atoms with Crippen molar-refractivity contribution in [1.29, 1.82) is 1.34 Å². The normalized spacial score (nSPS) is 36.9. The monoisotopic (exact) mass is 617 g/mol. The van der Waals surface area contributed by atoms with Crippen molar-refractivity contribution in [1.82, 2.24) is 0 Å². The summed E-state index contributed by atoms with van der Waals surface area (Å²) in [5, 5.41) is 0. The van der Waals surface area contributed by atoms with Crippen LogP contribution < -0.4 is 0 Å². The molecule has 4 rings (SSSR count). The molecule has 2 saturated heterocycles. The number of fused-ring (bicyclic) bond motifs is 3. The van der Waals surface area contributed by atoms with Crippen LogP contribution in [0.15, 0.2) is 48.1 Å². The summed E-state index contributed by atoms with van der Waals surface area (Å²) >= 11 is 0.908. The zero-order valence-electron chi connectivity index (χ0n) is 26.2. The first kappa shape index (κ1) is 32.5. The van der Waals surface area contributed by atoms with Gasteiger partial charge in [0.1, 0.15) is 19.8 Å². The summed E-state index contributed by atoms with van der Waals surface area (Å²) in [5.41, 5.74) is 2.51. The van der Waals surface area contributed by atoms with Crippen LogP contribution in [-0.2, 0) is 32.4 Å². The van der Waals surface area contributed by atoms with Crippen molar-refractivity contribution in [3.05, 3.63) is 48.1 Å². The molecule has 0 aromatic carbocycles. The van der Waals surface area contributed by atoms with E-state index in [1.54, 1.807) is 0 Å². The Kier molecular flexibility index (Phi) is 13.2. The molecule has 10 atom stereocenters. The van der Waals surface area contributed by atoms with E-state index in [1.807, 2.05) is 24.9 Å². The van der Waals surface area contributed by atoms with Crippen molar-refractivity contribution in [2.75, 3.05) is 13.3 Å². The maximum Gasteiger partial charge on any atom is 0.308 e. The Hall–Kier alpha value is -0.860. The quantitative estimate of drug-likeness (QED) is 0.0827. The minimum absolute atomic E-state index is 0.0244. The van der Waals surface area contributed by atoms with Gasteiger partial charge >= 0.3 is 5.97 Å². The van der Waals surface area contributed by atoms with E-state index in [0.717, 1.165) is 57.5 Å². The molecular formula is C31H46B2O7PS. The van der Waals surface area contributed by atoms with Crippen LogP contribution >= 0.6 is 19.9 Å². The number of epoxide rings is 1. The predicted molar refractivity (Wildman–Crippen MR) is 172 cm³/mol. The van der Waals surface area contributed by atoms with Gasteiger partial charge < -0.3 is 27.7 Å². The van der Waals surface area contributed by atoms with Crippen LogP contribution in [0.4, 0.5) is 0 Å². The van der Waals surface area contributed by atoms with Gasteiger partial charge in [-0.2, -0.15) is 0 Å². The molecule has 3 radical (unpaired) electrons. The summed E-state index contributed by atoms with van der Waals surface area (Å²) in [7, 11) is 6.04. The molecule has 229 valence electrons. The molecule has 0 spiro atoms. The van der Waals surface area contributed by atoms with E-state index >= 15 is 0 Å². The number of allylic oxidation sites excluding steroid dienone is 1. The molecule has 0 aromatic rings. The number of carbonyl (C=O) groups is 1.